The Morgan fingerprint density at radius 1 is 0.286 bits per heavy atom. The average Bonchev–Trinajstić information content (AvgIpc) is 3.01. The SMILES string of the molecule is COCCOCCCOCCCCCCCCCCOCCCOCCCCCCCCCCC[Si](OC)(OC)OC. The maximum Gasteiger partial charge on any atom is 0.500 e. The van der Waals surface area contributed by atoms with Crippen molar-refractivity contribution in [3.63, 3.8) is 0 Å². The predicted octanol–water partition coefficient (Wildman–Crippen LogP) is 7.99. The molecule has 0 fully saturated rings. The maximum absolute atomic E-state index is 5.78. The van der Waals surface area contributed by atoms with Gasteiger partial charge in [-0.1, -0.05) is 83.5 Å². The van der Waals surface area contributed by atoms with Crippen LogP contribution in [-0.2, 0) is 37.0 Å². The zero-order chi connectivity index (χ0) is 30.7. The van der Waals surface area contributed by atoms with Crippen molar-refractivity contribution in [1.82, 2.24) is 0 Å². The van der Waals surface area contributed by atoms with Crippen LogP contribution in [0, 0.1) is 0 Å². The fourth-order valence-electron chi connectivity index (χ4n) is 4.88. The first-order valence-electron chi connectivity index (χ1n) is 17.2. The molecule has 8 nitrogen and oxygen atoms in total. The lowest BCUT2D eigenvalue weighted by atomic mass is 10.1. The second kappa shape index (κ2) is 35.4. The molecule has 0 amide bonds. The first kappa shape index (κ1) is 41.9. The highest BCUT2D eigenvalue weighted by molar-refractivity contribution is 6.60. The Hall–Kier alpha value is -0.103. The van der Waals surface area contributed by atoms with Crippen molar-refractivity contribution in [3.05, 3.63) is 0 Å². The second-order valence-corrected chi connectivity index (χ2v) is 14.3. The summed E-state index contributed by atoms with van der Waals surface area (Å²) in [5.41, 5.74) is 0. The predicted molar refractivity (Wildman–Crippen MR) is 174 cm³/mol. The molecule has 0 aliphatic heterocycles. The summed E-state index contributed by atoms with van der Waals surface area (Å²) in [7, 11) is 4.40. The van der Waals surface area contributed by atoms with Crippen LogP contribution in [0.3, 0.4) is 0 Å². The maximum atomic E-state index is 5.78. The molecule has 0 aromatic rings. The topological polar surface area (TPSA) is 73.8 Å². The standard InChI is InChI=1S/C33H70O8Si/c1-34-31-32-41-30-23-29-40-26-20-16-12-8-7-11-15-19-25-39-28-22-27-38-24-18-14-10-6-5-9-13-17-21-33-42(35-2,36-3)37-4/h5-33H2,1-4H3. The van der Waals surface area contributed by atoms with Crippen LogP contribution in [0.1, 0.15) is 122 Å². The summed E-state index contributed by atoms with van der Waals surface area (Å²) < 4.78 is 44.0. The molecule has 0 aliphatic carbocycles. The van der Waals surface area contributed by atoms with Gasteiger partial charge in [0.2, 0.25) is 0 Å². The van der Waals surface area contributed by atoms with Crippen LogP contribution in [0.15, 0.2) is 0 Å². The molecule has 42 heavy (non-hydrogen) atoms. The molecule has 0 saturated heterocycles. The van der Waals surface area contributed by atoms with Gasteiger partial charge in [0.25, 0.3) is 0 Å². The monoisotopic (exact) mass is 622 g/mol. The molecule has 0 aliphatic rings. The Morgan fingerprint density at radius 2 is 0.571 bits per heavy atom. The summed E-state index contributed by atoms with van der Waals surface area (Å²) >= 11 is 0. The fraction of sp³-hybridized carbons (Fsp3) is 1.00. The molecule has 0 radical (unpaired) electrons. The van der Waals surface area contributed by atoms with E-state index in [1.54, 1.807) is 28.4 Å². The smallest absolute Gasteiger partial charge is 0.382 e. The van der Waals surface area contributed by atoms with E-state index in [0.717, 1.165) is 71.6 Å². The van der Waals surface area contributed by atoms with E-state index in [-0.39, 0.29) is 0 Å². The first-order chi connectivity index (χ1) is 20.7. The van der Waals surface area contributed by atoms with Gasteiger partial charge in [-0.05, 0) is 38.5 Å². The lowest BCUT2D eigenvalue weighted by Gasteiger charge is -2.24. The highest BCUT2D eigenvalue weighted by Crippen LogP contribution is 2.18. The summed E-state index contributed by atoms with van der Waals surface area (Å²) in [5, 5.41) is 0. The molecule has 0 unspecified atom stereocenters. The Morgan fingerprint density at radius 3 is 0.905 bits per heavy atom. The summed E-state index contributed by atoms with van der Waals surface area (Å²) in [4.78, 5) is 0. The molecular weight excluding hydrogens is 552 g/mol. The van der Waals surface area contributed by atoms with Gasteiger partial charge >= 0.3 is 8.80 Å². The van der Waals surface area contributed by atoms with Gasteiger partial charge in [0.1, 0.15) is 0 Å². The van der Waals surface area contributed by atoms with Crippen LogP contribution in [0.2, 0.25) is 6.04 Å². The summed E-state index contributed by atoms with van der Waals surface area (Å²) in [5.74, 6) is 0. The third kappa shape index (κ3) is 29.9. The largest absolute Gasteiger partial charge is 0.500 e. The molecule has 0 N–H and O–H groups in total. The number of hydrogen-bond acceptors (Lipinski definition) is 8. The third-order valence-corrected chi connectivity index (χ3v) is 10.5. The molecule has 0 bridgehead atoms. The van der Waals surface area contributed by atoms with Crippen molar-refractivity contribution in [3.8, 4) is 0 Å². The van der Waals surface area contributed by atoms with Gasteiger partial charge in [-0.2, -0.15) is 0 Å². The third-order valence-electron chi connectivity index (χ3n) is 7.62. The van der Waals surface area contributed by atoms with E-state index in [1.165, 1.54) is 103 Å². The van der Waals surface area contributed by atoms with Crippen molar-refractivity contribution in [2.45, 2.75) is 128 Å². The minimum atomic E-state index is -2.37. The van der Waals surface area contributed by atoms with Crippen molar-refractivity contribution in [1.29, 1.82) is 0 Å². The van der Waals surface area contributed by atoms with Gasteiger partial charge < -0.3 is 37.0 Å². The van der Waals surface area contributed by atoms with Crippen molar-refractivity contribution >= 4 is 8.80 Å². The minimum Gasteiger partial charge on any atom is -0.382 e. The van der Waals surface area contributed by atoms with Gasteiger partial charge in [-0.25, -0.2) is 0 Å². The van der Waals surface area contributed by atoms with Gasteiger partial charge in [-0.15, -0.1) is 0 Å². The number of methoxy groups -OCH3 is 1. The Bertz CT molecular complexity index is 488. The molecule has 0 atom stereocenters. The van der Waals surface area contributed by atoms with E-state index >= 15 is 0 Å². The Kier molecular flexibility index (Phi) is 35.3. The number of hydrogen-bond donors (Lipinski definition) is 0. The van der Waals surface area contributed by atoms with E-state index in [0.29, 0.717) is 13.2 Å². The Labute approximate surface area is 261 Å². The lowest BCUT2D eigenvalue weighted by molar-refractivity contribution is 0.0508. The quantitative estimate of drug-likeness (QED) is 0.0510. The molecule has 0 aromatic carbocycles. The van der Waals surface area contributed by atoms with Gasteiger partial charge in [0.05, 0.1) is 13.2 Å². The van der Waals surface area contributed by atoms with Crippen LogP contribution >= 0.6 is 0 Å². The van der Waals surface area contributed by atoms with Crippen LogP contribution in [0.25, 0.3) is 0 Å². The van der Waals surface area contributed by atoms with Crippen LogP contribution < -0.4 is 0 Å². The van der Waals surface area contributed by atoms with E-state index < -0.39 is 8.80 Å². The number of rotatable bonds is 37. The summed E-state index contributed by atoms with van der Waals surface area (Å²) in [6, 6.07) is 0.912. The van der Waals surface area contributed by atoms with Crippen molar-refractivity contribution < 1.29 is 37.0 Å². The van der Waals surface area contributed by atoms with Crippen molar-refractivity contribution in [2.75, 3.05) is 87.9 Å². The molecule has 9 heteroatoms. The summed E-state index contributed by atoms with van der Waals surface area (Å²) in [6.07, 6.45) is 23.6. The zero-order valence-electron chi connectivity index (χ0n) is 28.3. The highest BCUT2D eigenvalue weighted by Gasteiger charge is 2.36. The summed E-state index contributed by atoms with van der Waals surface area (Å²) in [6.45, 7) is 7.22. The lowest BCUT2D eigenvalue weighted by Crippen LogP contribution is -2.42. The van der Waals surface area contributed by atoms with E-state index in [9.17, 15) is 0 Å². The first-order valence-corrected chi connectivity index (χ1v) is 19.1. The van der Waals surface area contributed by atoms with Gasteiger partial charge in [0, 0.05) is 80.7 Å². The molecule has 0 heterocycles. The number of ether oxygens (including phenoxy) is 5. The number of unbranched alkanes of at least 4 members (excludes halogenated alkanes) is 15. The molecule has 0 rings (SSSR count). The van der Waals surface area contributed by atoms with Crippen molar-refractivity contribution in [2.24, 2.45) is 0 Å². The molecule has 254 valence electrons. The van der Waals surface area contributed by atoms with E-state index in [2.05, 4.69) is 0 Å². The second-order valence-electron chi connectivity index (χ2n) is 11.2. The minimum absolute atomic E-state index is 0.666. The van der Waals surface area contributed by atoms with Crippen LogP contribution in [0.4, 0.5) is 0 Å². The van der Waals surface area contributed by atoms with Gasteiger partial charge in [0.15, 0.2) is 0 Å². The fourth-order valence-corrected chi connectivity index (χ4v) is 6.68. The van der Waals surface area contributed by atoms with Gasteiger partial charge in [-0.3, -0.25) is 0 Å². The molecule has 0 aromatic heterocycles. The van der Waals surface area contributed by atoms with E-state index in [4.69, 9.17) is 37.0 Å². The molecule has 0 saturated carbocycles. The average molecular weight is 623 g/mol. The molecule has 0 spiro atoms. The molecular formula is C33H70O8Si. The zero-order valence-corrected chi connectivity index (χ0v) is 29.3. The van der Waals surface area contributed by atoms with E-state index in [1.807, 2.05) is 0 Å². The Balaban J connectivity index is 3.12. The normalized spacial score (nSPS) is 12.0. The van der Waals surface area contributed by atoms with Crippen LogP contribution in [0.5, 0.6) is 0 Å². The van der Waals surface area contributed by atoms with Crippen LogP contribution in [-0.4, -0.2) is 96.7 Å². The highest BCUT2D eigenvalue weighted by atomic mass is 28.4.